The van der Waals surface area contributed by atoms with E-state index in [2.05, 4.69) is 37.4 Å². The van der Waals surface area contributed by atoms with Gasteiger partial charge >= 0.3 is 19.8 Å². The lowest BCUT2D eigenvalue weighted by Crippen LogP contribution is -2.29. The molecule has 302 valence electrons. The van der Waals surface area contributed by atoms with E-state index in [4.69, 9.17) is 19.1 Å². The second kappa shape index (κ2) is 34.6. The number of hydrogen-bond donors (Lipinski definition) is 4. The van der Waals surface area contributed by atoms with Crippen molar-refractivity contribution in [2.75, 3.05) is 26.4 Å². The third-order valence-corrected chi connectivity index (χ3v) is 8.95. The Morgan fingerprint density at radius 1 is 0.712 bits per heavy atom. The normalized spacial score (nSPS) is 15.2. The van der Waals surface area contributed by atoms with Crippen LogP contribution in [0.25, 0.3) is 0 Å². The number of rotatable bonds is 35. The van der Waals surface area contributed by atoms with Gasteiger partial charge in [-0.2, -0.15) is 0 Å². The summed E-state index contributed by atoms with van der Waals surface area (Å²) in [5, 5.41) is 28.4. The predicted molar refractivity (Wildman–Crippen MR) is 206 cm³/mol. The van der Waals surface area contributed by atoms with Crippen LogP contribution in [0, 0.1) is 5.92 Å². The van der Waals surface area contributed by atoms with E-state index < -0.39 is 57.9 Å². The third-order valence-electron chi connectivity index (χ3n) is 7.99. The van der Waals surface area contributed by atoms with E-state index in [1.54, 1.807) is 12.2 Å². The third kappa shape index (κ3) is 34.9. The van der Waals surface area contributed by atoms with Crippen molar-refractivity contribution in [2.24, 2.45) is 5.92 Å². The van der Waals surface area contributed by atoms with E-state index in [1.165, 1.54) is 51.4 Å². The predicted octanol–water partition coefficient (Wildman–Crippen LogP) is 8.60. The number of aliphatic hydroxyl groups excluding tert-OH is 3. The van der Waals surface area contributed by atoms with Gasteiger partial charge in [0.25, 0.3) is 0 Å². The lowest BCUT2D eigenvalue weighted by molar-refractivity contribution is -0.161. The van der Waals surface area contributed by atoms with Gasteiger partial charge in [0.1, 0.15) is 12.7 Å². The first kappa shape index (κ1) is 49.9. The number of carbonyl (C=O) groups excluding carboxylic acids is 2. The molecule has 0 radical (unpaired) electrons. The summed E-state index contributed by atoms with van der Waals surface area (Å²) in [7, 11) is -4.64. The highest BCUT2D eigenvalue weighted by Gasteiger charge is 2.27. The smallest absolute Gasteiger partial charge is 0.462 e. The van der Waals surface area contributed by atoms with E-state index in [0.717, 1.165) is 38.0 Å². The van der Waals surface area contributed by atoms with Gasteiger partial charge in [0, 0.05) is 12.8 Å². The van der Waals surface area contributed by atoms with Crippen LogP contribution in [0.1, 0.15) is 143 Å². The molecule has 12 heteroatoms. The van der Waals surface area contributed by atoms with Gasteiger partial charge < -0.3 is 29.7 Å². The topological polar surface area (TPSA) is 169 Å². The summed E-state index contributed by atoms with van der Waals surface area (Å²) in [4.78, 5) is 34.8. The van der Waals surface area contributed by atoms with E-state index in [9.17, 15) is 29.3 Å². The van der Waals surface area contributed by atoms with Crippen LogP contribution in [-0.2, 0) is 32.7 Å². The highest BCUT2D eigenvalue weighted by atomic mass is 31.2. The van der Waals surface area contributed by atoms with Crippen LogP contribution in [0.3, 0.4) is 0 Å². The second-order valence-corrected chi connectivity index (χ2v) is 15.1. The Hall–Kier alpha value is -2.11. The monoisotopic (exact) mass is 758 g/mol. The maximum absolute atomic E-state index is 12.5. The zero-order chi connectivity index (χ0) is 38.7. The highest BCUT2D eigenvalue weighted by Crippen LogP contribution is 2.43. The van der Waals surface area contributed by atoms with E-state index >= 15 is 0 Å². The molecule has 0 saturated heterocycles. The summed E-state index contributed by atoms with van der Waals surface area (Å²) in [6.07, 6.45) is 29.9. The van der Waals surface area contributed by atoms with Crippen molar-refractivity contribution >= 4 is 19.8 Å². The molecule has 0 aliphatic heterocycles. The summed E-state index contributed by atoms with van der Waals surface area (Å²) in [5.74, 6) is -0.316. The van der Waals surface area contributed by atoms with Crippen LogP contribution in [-0.4, -0.2) is 76.9 Å². The molecule has 0 aromatic heterocycles. The fourth-order valence-electron chi connectivity index (χ4n) is 4.90. The van der Waals surface area contributed by atoms with Crippen LogP contribution in [0.5, 0.6) is 0 Å². The molecule has 0 saturated carbocycles. The van der Waals surface area contributed by atoms with Crippen molar-refractivity contribution in [3.05, 3.63) is 48.6 Å². The van der Waals surface area contributed by atoms with Gasteiger partial charge in [-0.05, 0) is 50.9 Å². The fraction of sp³-hybridized carbons (Fsp3) is 0.750. The molecule has 0 rings (SSSR count). The minimum Gasteiger partial charge on any atom is -0.462 e. The largest absolute Gasteiger partial charge is 0.472 e. The average Bonchev–Trinajstić information content (AvgIpc) is 3.11. The van der Waals surface area contributed by atoms with Crippen molar-refractivity contribution in [1.29, 1.82) is 0 Å². The molecular formula is C40H71O11P. The molecule has 0 fully saturated rings. The van der Waals surface area contributed by atoms with Crippen LogP contribution in [0.4, 0.5) is 0 Å². The summed E-state index contributed by atoms with van der Waals surface area (Å²) >= 11 is 0. The molecule has 4 atom stereocenters. The zero-order valence-electron chi connectivity index (χ0n) is 32.3. The Kier molecular flexibility index (Phi) is 33.2. The molecule has 0 aliphatic rings. The number of hydrogen-bond acceptors (Lipinski definition) is 10. The number of allylic oxidation sites excluding steroid dienone is 6. The van der Waals surface area contributed by atoms with Gasteiger partial charge in [-0.25, -0.2) is 4.57 Å². The molecule has 2 unspecified atom stereocenters. The van der Waals surface area contributed by atoms with Crippen LogP contribution in [0.15, 0.2) is 48.6 Å². The first-order valence-corrected chi connectivity index (χ1v) is 21.1. The lowest BCUT2D eigenvalue weighted by atomic mass is 10.0. The Morgan fingerprint density at radius 3 is 2.04 bits per heavy atom. The van der Waals surface area contributed by atoms with E-state index in [-0.39, 0.29) is 19.4 Å². The van der Waals surface area contributed by atoms with Crippen LogP contribution >= 0.6 is 7.82 Å². The number of phosphoric acid groups is 1. The molecule has 0 aromatic carbocycles. The average molecular weight is 759 g/mol. The molecule has 4 N–H and O–H groups in total. The number of carbonyl (C=O) groups is 2. The summed E-state index contributed by atoms with van der Waals surface area (Å²) < 4.78 is 32.5. The maximum Gasteiger partial charge on any atom is 0.472 e. The van der Waals surface area contributed by atoms with Gasteiger partial charge in [0.15, 0.2) is 6.10 Å². The maximum atomic E-state index is 12.5. The molecule has 11 nitrogen and oxygen atoms in total. The molecule has 0 aliphatic carbocycles. The Morgan fingerprint density at radius 2 is 1.35 bits per heavy atom. The quantitative estimate of drug-likeness (QED) is 0.0161. The summed E-state index contributed by atoms with van der Waals surface area (Å²) in [6.45, 7) is 4.42. The number of phosphoric ester groups is 1. The van der Waals surface area contributed by atoms with Gasteiger partial charge in [0.2, 0.25) is 0 Å². The fourth-order valence-corrected chi connectivity index (χ4v) is 5.69. The standard InChI is InChI=1S/C40H71O11P/c1-4-5-6-7-8-9-13-17-22-27-36(42)28-23-18-15-20-24-29-39(44)48-33-38(34-50-52(46,47)49-32-37(43)31-41)51-40(45)30-25-19-14-11-10-12-16-21-26-35(2)3/h8-9,15,17-18,22-23,28,35-38,41-43H,4-7,10-14,16,19-21,24-27,29-34H2,1-3H3,(H,46,47)/b9-8-,18-15+,22-17-,28-23-/t36?,37-,38+/m0/s1. The van der Waals surface area contributed by atoms with Gasteiger partial charge in [0.05, 0.1) is 25.9 Å². The molecule has 0 aromatic rings. The number of aliphatic hydroxyl groups is 3. The van der Waals surface area contributed by atoms with Crippen molar-refractivity contribution in [1.82, 2.24) is 0 Å². The molecule has 0 spiro atoms. The molecule has 0 amide bonds. The molecular weight excluding hydrogens is 687 g/mol. The van der Waals surface area contributed by atoms with Gasteiger partial charge in [-0.3, -0.25) is 18.6 Å². The Bertz CT molecular complexity index is 1040. The summed E-state index contributed by atoms with van der Waals surface area (Å²) in [6, 6.07) is 0. The molecule has 52 heavy (non-hydrogen) atoms. The van der Waals surface area contributed by atoms with Crippen molar-refractivity contribution in [2.45, 2.75) is 161 Å². The van der Waals surface area contributed by atoms with Crippen molar-refractivity contribution < 1.29 is 52.9 Å². The lowest BCUT2D eigenvalue weighted by Gasteiger charge is -2.20. The summed E-state index contributed by atoms with van der Waals surface area (Å²) in [5.41, 5.74) is 0. The minimum atomic E-state index is -4.64. The first-order chi connectivity index (χ1) is 25.0. The minimum absolute atomic E-state index is 0.106. The van der Waals surface area contributed by atoms with Gasteiger partial charge in [-0.1, -0.05) is 134 Å². The number of esters is 2. The number of ether oxygens (including phenoxy) is 2. The van der Waals surface area contributed by atoms with Gasteiger partial charge in [-0.15, -0.1) is 0 Å². The first-order valence-electron chi connectivity index (χ1n) is 19.6. The number of unbranched alkanes of at least 4 members (excludes halogenated alkanes) is 11. The van der Waals surface area contributed by atoms with Crippen LogP contribution in [0.2, 0.25) is 0 Å². The van der Waals surface area contributed by atoms with Crippen molar-refractivity contribution in [3.63, 3.8) is 0 Å². The Labute approximate surface area is 314 Å². The van der Waals surface area contributed by atoms with E-state index in [1.807, 2.05) is 24.3 Å². The van der Waals surface area contributed by atoms with E-state index in [0.29, 0.717) is 25.7 Å². The Balaban J connectivity index is 4.54. The highest BCUT2D eigenvalue weighted by molar-refractivity contribution is 7.47. The molecule has 0 heterocycles. The SMILES string of the molecule is CCCCC/C=C\C/C=C\CC(O)/C=C\C=C\CCCC(=O)OC[C@H](COP(=O)(O)OC[C@@H](O)CO)OC(=O)CCCCCCCCCCC(C)C. The van der Waals surface area contributed by atoms with Crippen LogP contribution < -0.4 is 0 Å². The molecule has 0 bridgehead atoms. The zero-order valence-corrected chi connectivity index (χ0v) is 33.2. The van der Waals surface area contributed by atoms with Crippen molar-refractivity contribution in [3.8, 4) is 0 Å². The second-order valence-electron chi connectivity index (χ2n) is 13.6.